The second kappa shape index (κ2) is 6.06. The minimum absolute atomic E-state index is 0.00473. The first-order valence-electron chi connectivity index (χ1n) is 6.85. The molecule has 0 radical (unpaired) electrons. The third-order valence-electron chi connectivity index (χ3n) is 3.56. The van der Waals surface area contributed by atoms with Gasteiger partial charge >= 0.3 is 0 Å². The van der Waals surface area contributed by atoms with Gasteiger partial charge in [-0.1, -0.05) is 13.0 Å². The van der Waals surface area contributed by atoms with E-state index in [9.17, 15) is 9.90 Å². The number of hydrogen-bond acceptors (Lipinski definition) is 3. The van der Waals surface area contributed by atoms with E-state index in [1.54, 1.807) is 12.1 Å². The molecule has 4 nitrogen and oxygen atoms in total. The molecule has 1 aromatic carbocycles. The number of carbonyl (C=O) groups is 1. The van der Waals surface area contributed by atoms with E-state index >= 15 is 0 Å². The van der Waals surface area contributed by atoms with Crippen molar-refractivity contribution >= 4 is 5.91 Å². The molecule has 0 atom stereocenters. The molecule has 4 heteroatoms. The van der Waals surface area contributed by atoms with Crippen LogP contribution in [0.25, 0.3) is 0 Å². The second-order valence-electron chi connectivity index (χ2n) is 5.12. The zero-order chi connectivity index (χ0) is 13.7. The van der Waals surface area contributed by atoms with Gasteiger partial charge in [-0.25, -0.2) is 0 Å². The average Bonchev–Trinajstić information content (AvgIpc) is 2.40. The van der Waals surface area contributed by atoms with Crippen LogP contribution in [-0.2, 0) is 0 Å². The van der Waals surface area contributed by atoms with Crippen molar-refractivity contribution in [1.29, 1.82) is 0 Å². The van der Waals surface area contributed by atoms with Crippen LogP contribution < -0.4 is 10.1 Å². The lowest BCUT2D eigenvalue weighted by atomic mass is 9.77. The van der Waals surface area contributed by atoms with E-state index in [1.807, 2.05) is 19.1 Å². The number of benzene rings is 1. The summed E-state index contributed by atoms with van der Waals surface area (Å²) in [5.41, 5.74) is 0.172. The Bertz CT molecular complexity index is 435. The fourth-order valence-electron chi connectivity index (χ4n) is 2.19. The van der Waals surface area contributed by atoms with Crippen molar-refractivity contribution in [1.82, 2.24) is 5.32 Å². The van der Waals surface area contributed by atoms with Gasteiger partial charge in [0.05, 0.1) is 18.8 Å². The molecule has 2 N–H and O–H groups in total. The lowest BCUT2D eigenvalue weighted by Gasteiger charge is -2.40. The fourth-order valence-corrected chi connectivity index (χ4v) is 2.19. The summed E-state index contributed by atoms with van der Waals surface area (Å²) in [6, 6.07) is 7.16. The highest BCUT2D eigenvalue weighted by Crippen LogP contribution is 2.31. The Hall–Kier alpha value is -1.55. The second-order valence-corrected chi connectivity index (χ2v) is 5.12. The summed E-state index contributed by atoms with van der Waals surface area (Å²) in [5, 5.41) is 12.3. The van der Waals surface area contributed by atoms with Crippen LogP contribution in [0, 0.1) is 0 Å². The monoisotopic (exact) mass is 263 g/mol. The van der Waals surface area contributed by atoms with Gasteiger partial charge in [-0.2, -0.15) is 0 Å². The number of rotatable bonds is 6. The van der Waals surface area contributed by atoms with Crippen molar-refractivity contribution in [3.8, 4) is 5.75 Å². The first-order chi connectivity index (χ1) is 9.19. The van der Waals surface area contributed by atoms with Crippen molar-refractivity contribution in [3.05, 3.63) is 29.8 Å². The van der Waals surface area contributed by atoms with E-state index < -0.39 is 5.54 Å². The van der Waals surface area contributed by atoms with Gasteiger partial charge in [-0.05, 0) is 43.9 Å². The number of carbonyl (C=O) groups excluding carboxylic acids is 1. The van der Waals surface area contributed by atoms with Crippen LogP contribution in [0.3, 0.4) is 0 Å². The van der Waals surface area contributed by atoms with Crippen LogP contribution in [-0.4, -0.2) is 29.8 Å². The summed E-state index contributed by atoms with van der Waals surface area (Å²) in [4.78, 5) is 12.2. The number of hydrogen-bond donors (Lipinski definition) is 2. The summed E-state index contributed by atoms with van der Waals surface area (Å²) in [6.45, 7) is 2.69. The van der Waals surface area contributed by atoms with Crippen LogP contribution in [0.15, 0.2) is 24.3 Å². The summed E-state index contributed by atoms with van der Waals surface area (Å²) in [5.74, 6) is 0.567. The normalized spacial score (nSPS) is 16.5. The number of aliphatic hydroxyl groups excluding tert-OH is 1. The van der Waals surface area contributed by atoms with E-state index in [4.69, 9.17) is 4.74 Å². The van der Waals surface area contributed by atoms with E-state index in [-0.39, 0.29) is 12.5 Å². The summed E-state index contributed by atoms with van der Waals surface area (Å²) < 4.78 is 5.51. The molecule has 2 rings (SSSR count). The smallest absolute Gasteiger partial charge is 0.251 e. The SMILES string of the molecule is CCCOc1cccc(C(=O)NC2(CO)CCC2)c1. The van der Waals surface area contributed by atoms with E-state index in [0.29, 0.717) is 17.9 Å². The Labute approximate surface area is 113 Å². The highest BCUT2D eigenvalue weighted by Gasteiger charge is 2.37. The summed E-state index contributed by atoms with van der Waals surface area (Å²) >= 11 is 0. The molecule has 1 saturated carbocycles. The molecule has 0 saturated heterocycles. The molecule has 0 heterocycles. The molecule has 0 aromatic heterocycles. The van der Waals surface area contributed by atoms with Crippen molar-refractivity contribution in [2.24, 2.45) is 0 Å². The van der Waals surface area contributed by atoms with Gasteiger partial charge in [0.15, 0.2) is 0 Å². The third kappa shape index (κ3) is 3.26. The lowest BCUT2D eigenvalue weighted by molar-refractivity contribution is 0.0641. The molecule has 1 aliphatic carbocycles. The van der Waals surface area contributed by atoms with E-state index in [2.05, 4.69) is 5.32 Å². The molecule has 104 valence electrons. The number of aliphatic hydroxyl groups is 1. The highest BCUT2D eigenvalue weighted by molar-refractivity contribution is 5.95. The van der Waals surface area contributed by atoms with Crippen molar-refractivity contribution in [3.63, 3.8) is 0 Å². The molecule has 1 fully saturated rings. The minimum atomic E-state index is -0.405. The Morgan fingerprint density at radius 3 is 2.84 bits per heavy atom. The van der Waals surface area contributed by atoms with Crippen LogP contribution in [0.4, 0.5) is 0 Å². The van der Waals surface area contributed by atoms with Gasteiger partial charge in [0.25, 0.3) is 5.91 Å². The minimum Gasteiger partial charge on any atom is -0.494 e. The molecule has 1 aromatic rings. The summed E-state index contributed by atoms with van der Waals surface area (Å²) in [6.07, 6.45) is 3.69. The Balaban J connectivity index is 2.02. The molecule has 19 heavy (non-hydrogen) atoms. The first kappa shape index (κ1) is 13.9. The largest absolute Gasteiger partial charge is 0.494 e. The van der Waals surface area contributed by atoms with Gasteiger partial charge < -0.3 is 15.2 Å². The van der Waals surface area contributed by atoms with Crippen LogP contribution in [0.2, 0.25) is 0 Å². The quantitative estimate of drug-likeness (QED) is 0.826. The fraction of sp³-hybridized carbons (Fsp3) is 0.533. The van der Waals surface area contributed by atoms with Crippen molar-refractivity contribution < 1.29 is 14.6 Å². The summed E-state index contributed by atoms with van der Waals surface area (Å²) in [7, 11) is 0. The van der Waals surface area contributed by atoms with Crippen molar-refractivity contribution in [2.45, 2.75) is 38.1 Å². The zero-order valence-corrected chi connectivity index (χ0v) is 11.3. The Kier molecular flexibility index (Phi) is 4.43. The van der Waals surface area contributed by atoms with Gasteiger partial charge in [-0.15, -0.1) is 0 Å². The number of ether oxygens (including phenoxy) is 1. The molecule has 0 unspecified atom stereocenters. The van der Waals surface area contributed by atoms with Gasteiger partial charge in [0.2, 0.25) is 0 Å². The van der Waals surface area contributed by atoms with Gasteiger partial charge in [-0.3, -0.25) is 4.79 Å². The molecule has 0 aliphatic heterocycles. The predicted octanol–water partition coefficient (Wildman–Crippen LogP) is 2.12. The standard InChI is InChI=1S/C15H21NO3/c1-2-9-19-13-6-3-5-12(10-13)14(18)16-15(11-17)7-4-8-15/h3,5-6,10,17H,2,4,7-9,11H2,1H3,(H,16,18). The van der Waals surface area contributed by atoms with E-state index in [1.165, 1.54) is 0 Å². The Morgan fingerprint density at radius 1 is 1.47 bits per heavy atom. The molecule has 0 bridgehead atoms. The number of nitrogens with one attached hydrogen (secondary N) is 1. The zero-order valence-electron chi connectivity index (χ0n) is 11.3. The number of amides is 1. The van der Waals surface area contributed by atoms with Crippen LogP contribution in [0.1, 0.15) is 43.0 Å². The highest BCUT2D eigenvalue weighted by atomic mass is 16.5. The topological polar surface area (TPSA) is 58.6 Å². The molecule has 0 spiro atoms. The first-order valence-corrected chi connectivity index (χ1v) is 6.85. The maximum Gasteiger partial charge on any atom is 0.251 e. The molecular weight excluding hydrogens is 242 g/mol. The maximum atomic E-state index is 12.2. The molecular formula is C15H21NO3. The van der Waals surface area contributed by atoms with Gasteiger partial charge in [0.1, 0.15) is 5.75 Å². The maximum absolute atomic E-state index is 12.2. The van der Waals surface area contributed by atoms with E-state index in [0.717, 1.165) is 25.7 Å². The Morgan fingerprint density at radius 2 is 2.26 bits per heavy atom. The molecule has 1 aliphatic rings. The lowest BCUT2D eigenvalue weighted by Crippen LogP contribution is -2.56. The van der Waals surface area contributed by atoms with Gasteiger partial charge in [0, 0.05) is 5.56 Å². The van der Waals surface area contributed by atoms with Crippen LogP contribution >= 0.6 is 0 Å². The van der Waals surface area contributed by atoms with Crippen LogP contribution in [0.5, 0.6) is 5.75 Å². The predicted molar refractivity (Wildman–Crippen MR) is 73.4 cm³/mol. The molecule has 1 amide bonds. The van der Waals surface area contributed by atoms with Crippen molar-refractivity contribution in [2.75, 3.05) is 13.2 Å². The average molecular weight is 263 g/mol. The third-order valence-corrected chi connectivity index (χ3v) is 3.56.